The zero-order chi connectivity index (χ0) is 13.3. The number of rotatable bonds is 3. The monoisotopic (exact) mass is 247 g/mol. The Morgan fingerprint density at radius 1 is 1.44 bits per heavy atom. The lowest BCUT2D eigenvalue weighted by Crippen LogP contribution is -2.10. The molecule has 1 heterocycles. The number of nitrogens with zero attached hydrogens (tertiary/aromatic N) is 3. The van der Waals surface area contributed by atoms with E-state index < -0.39 is 16.8 Å². The Bertz CT molecular complexity index is 641. The number of carboxylic acid groups (broad SMARTS) is 1. The highest BCUT2D eigenvalue weighted by Gasteiger charge is 2.19. The number of aliphatic carboxylic acids is 1. The summed E-state index contributed by atoms with van der Waals surface area (Å²) in [6, 6.07) is 4.10. The summed E-state index contributed by atoms with van der Waals surface area (Å²) in [6.07, 6.45) is 1.25. The van der Waals surface area contributed by atoms with Crippen LogP contribution < -0.4 is 0 Å². The van der Waals surface area contributed by atoms with Gasteiger partial charge >= 0.3 is 5.97 Å². The van der Waals surface area contributed by atoms with Crippen LogP contribution in [-0.2, 0) is 4.79 Å². The Morgan fingerprint density at radius 2 is 2.17 bits per heavy atom. The third-order valence-corrected chi connectivity index (χ3v) is 2.64. The molecule has 1 N–H and O–H groups in total. The molecule has 2 rings (SSSR count). The van der Waals surface area contributed by atoms with E-state index in [-0.39, 0.29) is 11.4 Å². The Kier molecular flexibility index (Phi) is 2.88. The first kappa shape index (κ1) is 11.9. The number of nitro groups is 1. The van der Waals surface area contributed by atoms with Crippen LogP contribution >= 0.6 is 0 Å². The summed E-state index contributed by atoms with van der Waals surface area (Å²) in [5, 5.41) is 20.1. The van der Waals surface area contributed by atoms with Crippen molar-refractivity contribution < 1.29 is 14.8 Å². The van der Waals surface area contributed by atoms with E-state index >= 15 is 0 Å². The first-order valence-corrected chi connectivity index (χ1v) is 5.12. The Balaban J connectivity index is 2.69. The van der Waals surface area contributed by atoms with Gasteiger partial charge in [0.2, 0.25) is 0 Å². The van der Waals surface area contributed by atoms with Crippen molar-refractivity contribution in [3.8, 4) is 0 Å². The van der Waals surface area contributed by atoms with Gasteiger partial charge in [0, 0.05) is 17.5 Å². The summed E-state index contributed by atoms with van der Waals surface area (Å²) in [5.74, 6) is -1.89. The van der Waals surface area contributed by atoms with Crippen molar-refractivity contribution in [2.24, 2.45) is 0 Å². The molecule has 0 saturated carbocycles. The van der Waals surface area contributed by atoms with Gasteiger partial charge in [0.15, 0.2) is 0 Å². The fraction of sp³-hybridized carbons (Fsp3) is 0.182. The molecule has 7 nitrogen and oxygen atoms in total. The van der Waals surface area contributed by atoms with E-state index in [0.717, 1.165) is 0 Å². The minimum atomic E-state index is -1.04. The molecule has 0 spiro atoms. The summed E-state index contributed by atoms with van der Waals surface area (Å²) in [5.41, 5.74) is 0.644. The number of aromatic nitrogens is 2. The van der Waals surface area contributed by atoms with Crippen LogP contribution in [0.3, 0.4) is 0 Å². The van der Waals surface area contributed by atoms with E-state index in [9.17, 15) is 14.9 Å². The van der Waals surface area contributed by atoms with Crippen molar-refractivity contribution >= 4 is 22.6 Å². The Morgan fingerprint density at radius 3 is 2.78 bits per heavy atom. The maximum absolute atomic E-state index is 11.0. The average molecular weight is 247 g/mol. The molecule has 0 aliphatic rings. The van der Waals surface area contributed by atoms with E-state index in [4.69, 9.17) is 5.11 Å². The third-order valence-electron chi connectivity index (χ3n) is 2.64. The van der Waals surface area contributed by atoms with Gasteiger partial charge in [0.05, 0.1) is 22.1 Å². The topological polar surface area (TPSA) is 106 Å². The number of fused-ring (bicyclic) bond motifs is 1. The molecule has 1 aromatic heterocycles. The second kappa shape index (κ2) is 4.36. The second-order valence-corrected chi connectivity index (χ2v) is 3.78. The summed E-state index contributed by atoms with van der Waals surface area (Å²) in [7, 11) is 0. The summed E-state index contributed by atoms with van der Waals surface area (Å²) in [6.45, 7) is 1.48. The maximum Gasteiger partial charge on any atom is 0.312 e. The number of benzene rings is 1. The number of carbonyl (C=O) groups is 1. The number of carboxylic acids is 1. The highest BCUT2D eigenvalue weighted by Crippen LogP contribution is 2.25. The van der Waals surface area contributed by atoms with Gasteiger partial charge < -0.3 is 5.11 Å². The van der Waals surface area contributed by atoms with Crippen LogP contribution in [0.2, 0.25) is 0 Å². The van der Waals surface area contributed by atoms with Crippen LogP contribution in [-0.4, -0.2) is 26.0 Å². The molecule has 0 aliphatic heterocycles. The molecule has 0 bridgehead atoms. The van der Waals surface area contributed by atoms with E-state index in [2.05, 4.69) is 9.97 Å². The van der Waals surface area contributed by atoms with E-state index in [1.165, 1.54) is 31.5 Å². The molecule has 0 aliphatic carbocycles. The van der Waals surface area contributed by atoms with Gasteiger partial charge in [-0.25, -0.2) is 9.97 Å². The number of nitro benzene ring substituents is 1. The SMILES string of the molecule is CC(C(=O)O)c1ncnc2ccc([N+](=O)[O-])cc12. The molecular weight excluding hydrogens is 238 g/mol. The molecule has 0 fully saturated rings. The van der Waals surface area contributed by atoms with Crippen LogP contribution in [0.1, 0.15) is 18.5 Å². The van der Waals surface area contributed by atoms with Crippen molar-refractivity contribution in [1.82, 2.24) is 9.97 Å². The van der Waals surface area contributed by atoms with Gasteiger partial charge in [-0.1, -0.05) is 0 Å². The fourth-order valence-corrected chi connectivity index (χ4v) is 1.64. The molecule has 0 saturated heterocycles. The summed E-state index contributed by atoms with van der Waals surface area (Å²) >= 11 is 0. The third kappa shape index (κ3) is 1.97. The molecule has 0 radical (unpaired) electrons. The molecule has 1 unspecified atom stereocenters. The Labute approximate surface area is 101 Å². The lowest BCUT2D eigenvalue weighted by atomic mass is 10.0. The number of non-ortho nitro benzene ring substituents is 1. The van der Waals surface area contributed by atoms with Crippen molar-refractivity contribution in [2.45, 2.75) is 12.8 Å². The second-order valence-electron chi connectivity index (χ2n) is 3.78. The summed E-state index contributed by atoms with van der Waals surface area (Å²) < 4.78 is 0. The lowest BCUT2D eigenvalue weighted by molar-refractivity contribution is -0.384. The average Bonchev–Trinajstić information content (AvgIpc) is 2.36. The normalized spacial score (nSPS) is 12.3. The number of hydrogen-bond acceptors (Lipinski definition) is 5. The molecule has 7 heteroatoms. The van der Waals surface area contributed by atoms with Gasteiger partial charge in [-0.2, -0.15) is 0 Å². The molecule has 0 amide bonds. The quantitative estimate of drug-likeness (QED) is 0.653. The van der Waals surface area contributed by atoms with Gasteiger partial charge in [-0.3, -0.25) is 14.9 Å². The van der Waals surface area contributed by atoms with Crippen molar-refractivity contribution in [3.05, 3.63) is 40.3 Å². The first-order chi connectivity index (χ1) is 8.50. The predicted molar refractivity (Wildman–Crippen MR) is 62.2 cm³/mol. The minimum Gasteiger partial charge on any atom is -0.481 e. The van der Waals surface area contributed by atoms with Crippen LogP contribution in [0, 0.1) is 10.1 Å². The minimum absolute atomic E-state index is 0.115. The van der Waals surface area contributed by atoms with E-state index in [0.29, 0.717) is 10.9 Å². The van der Waals surface area contributed by atoms with Crippen molar-refractivity contribution in [3.63, 3.8) is 0 Å². The largest absolute Gasteiger partial charge is 0.481 e. The van der Waals surface area contributed by atoms with E-state index in [1.807, 2.05) is 0 Å². The van der Waals surface area contributed by atoms with Crippen LogP contribution in [0.4, 0.5) is 5.69 Å². The highest BCUT2D eigenvalue weighted by molar-refractivity contribution is 5.88. The molecule has 1 aromatic carbocycles. The van der Waals surface area contributed by atoms with E-state index in [1.54, 1.807) is 0 Å². The summed E-state index contributed by atoms with van der Waals surface area (Å²) in [4.78, 5) is 29.0. The zero-order valence-electron chi connectivity index (χ0n) is 9.40. The molecule has 2 aromatic rings. The van der Waals surface area contributed by atoms with Crippen LogP contribution in [0.25, 0.3) is 10.9 Å². The smallest absolute Gasteiger partial charge is 0.312 e. The first-order valence-electron chi connectivity index (χ1n) is 5.12. The molecule has 18 heavy (non-hydrogen) atoms. The molecule has 1 atom stereocenters. The highest BCUT2D eigenvalue weighted by atomic mass is 16.6. The molecule has 92 valence electrons. The lowest BCUT2D eigenvalue weighted by Gasteiger charge is -2.08. The van der Waals surface area contributed by atoms with Gasteiger partial charge in [-0.15, -0.1) is 0 Å². The molecular formula is C11H9N3O4. The van der Waals surface area contributed by atoms with Crippen LogP contribution in [0.15, 0.2) is 24.5 Å². The van der Waals surface area contributed by atoms with Gasteiger partial charge in [0.25, 0.3) is 5.69 Å². The predicted octanol–water partition coefficient (Wildman–Crippen LogP) is 1.73. The van der Waals surface area contributed by atoms with Crippen molar-refractivity contribution in [2.75, 3.05) is 0 Å². The van der Waals surface area contributed by atoms with Crippen molar-refractivity contribution in [1.29, 1.82) is 0 Å². The Hall–Kier alpha value is -2.57. The van der Waals surface area contributed by atoms with Crippen LogP contribution in [0.5, 0.6) is 0 Å². The van der Waals surface area contributed by atoms with Gasteiger partial charge in [-0.05, 0) is 13.0 Å². The fourth-order valence-electron chi connectivity index (χ4n) is 1.64. The zero-order valence-corrected chi connectivity index (χ0v) is 9.40. The standard InChI is InChI=1S/C11H9N3O4/c1-6(11(15)16)10-8-4-7(14(17)18)2-3-9(8)12-5-13-10/h2-6H,1H3,(H,15,16). The number of hydrogen-bond donors (Lipinski definition) is 1. The maximum atomic E-state index is 11.0. The van der Waals surface area contributed by atoms with Gasteiger partial charge in [0.1, 0.15) is 6.33 Å².